The van der Waals surface area contributed by atoms with Gasteiger partial charge in [-0.1, -0.05) is 5.16 Å². The van der Waals surface area contributed by atoms with E-state index < -0.39 is 11.7 Å². The van der Waals surface area contributed by atoms with Crippen molar-refractivity contribution < 1.29 is 18.8 Å². The van der Waals surface area contributed by atoms with Gasteiger partial charge in [0.2, 0.25) is 5.91 Å². The second-order valence-electron chi connectivity index (χ2n) is 4.99. The smallest absolute Gasteiger partial charge is 0.407 e. The molecular weight excluding hydrogens is 250 g/mol. The Hall–Kier alpha value is -2.05. The quantitative estimate of drug-likeness (QED) is 0.896. The van der Waals surface area contributed by atoms with Crippen LogP contribution in [0.15, 0.2) is 16.9 Å². The number of aromatic nitrogens is 1. The molecule has 0 spiro atoms. The average molecular weight is 269 g/mol. The molecule has 0 aliphatic heterocycles. The molecule has 0 atom stereocenters. The van der Waals surface area contributed by atoms with Gasteiger partial charge in [-0.15, -0.1) is 0 Å². The predicted molar refractivity (Wildman–Crippen MR) is 68.8 cm³/mol. The third-order valence-corrected chi connectivity index (χ3v) is 2.15. The molecule has 0 fully saturated rings. The number of anilines is 1. The first-order valence-electron chi connectivity index (χ1n) is 5.93. The van der Waals surface area contributed by atoms with E-state index in [-0.39, 0.29) is 18.9 Å². The topological polar surface area (TPSA) is 84.7 Å². The summed E-state index contributed by atoms with van der Waals surface area (Å²) in [5.74, 6) is 0.257. The molecule has 106 valence electrons. The molecule has 0 aliphatic rings. The minimum absolute atomic E-state index is 0.155. The van der Waals surface area contributed by atoms with Gasteiger partial charge in [0, 0.05) is 26.1 Å². The lowest BCUT2D eigenvalue weighted by atomic mass is 10.2. The van der Waals surface area contributed by atoms with Crippen LogP contribution in [-0.4, -0.2) is 36.4 Å². The highest BCUT2D eigenvalue weighted by molar-refractivity contribution is 5.91. The van der Waals surface area contributed by atoms with Gasteiger partial charge in [0.1, 0.15) is 11.9 Å². The number of alkyl carbamates (subject to hydrolysis) is 1. The van der Waals surface area contributed by atoms with Crippen molar-refractivity contribution in [3.05, 3.63) is 12.3 Å². The van der Waals surface area contributed by atoms with Crippen molar-refractivity contribution in [1.29, 1.82) is 0 Å². The molecule has 7 heteroatoms. The third-order valence-electron chi connectivity index (χ3n) is 2.15. The number of hydrogen-bond acceptors (Lipinski definition) is 5. The molecular formula is C12H19N3O4. The Labute approximate surface area is 111 Å². The van der Waals surface area contributed by atoms with Crippen molar-refractivity contribution >= 4 is 17.8 Å². The van der Waals surface area contributed by atoms with Crippen molar-refractivity contribution in [2.45, 2.75) is 32.8 Å². The van der Waals surface area contributed by atoms with E-state index in [0.29, 0.717) is 5.82 Å². The van der Waals surface area contributed by atoms with Crippen molar-refractivity contribution in [2.75, 3.05) is 18.5 Å². The molecule has 0 saturated carbocycles. The molecule has 1 aromatic heterocycles. The summed E-state index contributed by atoms with van der Waals surface area (Å²) < 4.78 is 9.70. The Morgan fingerprint density at radius 3 is 2.68 bits per heavy atom. The van der Waals surface area contributed by atoms with Crippen LogP contribution in [0.2, 0.25) is 0 Å². The first-order chi connectivity index (χ1) is 8.79. The fraction of sp³-hybridized carbons (Fsp3) is 0.583. The zero-order valence-corrected chi connectivity index (χ0v) is 11.6. The van der Waals surface area contributed by atoms with Gasteiger partial charge < -0.3 is 14.6 Å². The normalized spacial score (nSPS) is 10.9. The molecule has 0 unspecified atom stereocenters. The number of rotatable bonds is 4. The first kappa shape index (κ1) is 15.0. The molecule has 1 N–H and O–H groups in total. The van der Waals surface area contributed by atoms with E-state index in [1.807, 2.05) is 0 Å². The minimum atomic E-state index is -0.550. The maximum absolute atomic E-state index is 11.8. The van der Waals surface area contributed by atoms with Crippen molar-refractivity contribution in [3.8, 4) is 0 Å². The van der Waals surface area contributed by atoms with Crippen molar-refractivity contribution in [2.24, 2.45) is 0 Å². The Bertz CT molecular complexity index is 423. The number of hydrogen-bond donors (Lipinski definition) is 1. The van der Waals surface area contributed by atoms with E-state index in [0.717, 1.165) is 0 Å². The van der Waals surface area contributed by atoms with E-state index >= 15 is 0 Å². The van der Waals surface area contributed by atoms with Gasteiger partial charge in [0.05, 0.1) is 0 Å². The summed E-state index contributed by atoms with van der Waals surface area (Å²) >= 11 is 0. The highest BCUT2D eigenvalue weighted by Crippen LogP contribution is 2.09. The summed E-state index contributed by atoms with van der Waals surface area (Å²) in [6.07, 6.45) is 1.00. The summed E-state index contributed by atoms with van der Waals surface area (Å²) in [6, 6.07) is 1.58. The SMILES string of the molecule is CN(C(=O)CCNC(=O)OC(C)(C)C)c1ccon1. The van der Waals surface area contributed by atoms with Crippen molar-refractivity contribution in [1.82, 2.24) is 10.5 Å². The second kappa shape index (κ2) is 6.21. The highest BCUT2D eigenvalue weighted by atomic mass is 16.6. The average Bonchev–Trinajstić information content (AvgIpc) is 2.78. The number of amides is 2. The number of carbonyl (C=O) groups excluding carboxylic acids is 2. The van der Waals surface area contributed by atoms with Gasteiger partial charge >= 0.3 is 6.09 Å². The maximum atomic E-state index is 11.8. The Morgan fingerprint density at radius 2 is 2.16 bits per heavy atom. The van der Waals surface area contributed by atoms with E-state index in [9.17, 15) is 9.59 Å². The van der Waals surface area contributed by atoms with Crippen LogP contribution in [0, 0.1) is 0 Å². The molecule has 7 nitrogen and oxygen atoms in total. The number of ether oxygens (including phenoxy) is 1. The first-order valence-corrected chi connectivity index (χ1v) is 5.93. The third kappa shape index (κ3) is 5.41. The van der Waals surface area contributed by atoms with Crippen LogP contribution in [0.25, 0.3) is 0 Å². The molecule has 1 rings (SSSR count). The van der Waals surface area contributed by atoms with Gasteiger partial charge in [-0.2, -0.15) is 0 Å². The van der Waals surface area contributed by atoms with Crippen LogP contribution in [0.4, 0.5) is 10.6 Å². The monoisotopic (exact) mass is 269 g/mol. The Balaban J connectivity index is 2.30. The second-order valence-corrected chi connectivity index (χ2v) is 4.99. The lowest BCUT2D eigenvalue weighted by Gasteiger charge is -2.20. The fourth-order valence-corrected chi connectivity index (χ4v) is 1.26. The van der Waals surface area contributed by atoms with Crippen LogP contribution < -0.4 is 10.2 Å². The van der Waals surface area contributed by atoms with E-state index in [4.69, 9.17) is 4.74 Å². The molecule has 0 bridgehead atoms. The minimum Gasteiger partial charge on any atom is -0.444 e. The van der Waals surface area contributed by atoms with E-state index in [1.54, 1.807) is 33.9 Å². The number of carbonyl (C=O) groups is 2. The summed E-state index contributed by atoms with van der Waals surface area (Å²) in [5.41, 5.74) is -0.550. The zero-order chi connectivity index (χ0) is 14.5. The molecule has 19 heavy (non-hydrogen) atoms. The van der Waals surface area contributed by atoms with E-state index in [2.05, 4.69) is 15.0 Å². The molecule has 0 radical (unpaired) electrons. The molecule has 1 aromatic rings. The van der Waals surface area contributed by atoms with E-state index in [1.165, 1.54) is 11.2 Å². The Morgan fingerprint density at radius 1 is 1.47 bits per heavy atom. The number of nitrogens with one attached hydrogen (secondary N) is 1. The molecule has 0 saturated heterocycles. The fourth-order valence-electron chi connectivity index (χ4n) is 1.26. The van der Waals surface area contributed by atoms with Crippen LogP contribution in [0.5, 0.6) is 0 Å². The van der Waals surface area contributed by atoms with Gasteiger partial charge in [0.15, 0.2) is 5.82 Å². The van der Waals surface area contributed by atoms with Gasteiger partial charge in [-0.05, 0) is 20.8 Å². The highest BCUT2D eigenvalue weighted by Gasteiger charge is 2.17. The summed E-state index contributed by atoms with van der Waals surface area (Å²) in [6.45, 7) is 5.53. The van der Waals surface area contributed by atoms with Crippen LogP contribution in [0.3, 0.4) is 0 Å². The van der Waals surface area contributed by atoms with Gasteiger partial charge in [-0.25, -0.2) is 4.79 Å². The largest absolute Gasteiger partial charge is 0.444 e. The molecule has 1 heterocycles. The standard InChI is InChI=1S/C12H19N3O4/c1-12(2,3)19-11(17)13-7-5-10(16)15(4)9-6-8-18-14-9/h6,8H,5,7H2,1-4H3,(H,13,17). The lowest BCUT2D eigenvalue weighted by molar-refractivity contribution is -0.118. The number of nitrogens with zero attached hydrogens (tertiary/aromatic N) is 2. The predicted octanol–water partition coefficient (Wildman–Crippen LogP) is 1.55. The lowest BCUT2D eigenvalue weighted by Crippen LogP contribution is -2.35. The van der Waals surface area contributed by atoms with Crippen LogP contribution in [0.1, 0.15) is 27.2 Å². The molecule has 2 amide bonds. The summed E-state index contributed by atoms with van der Waals surface area (Å²) in [7, 11) is 1.59. The van der Waals surface area contributed by atoms with Gasteiger partial charge in [0.25, 0.3) is 0 Å². The summed E-state index contributed by atoms with van der Waals surface area (Å²) in [4.78, 5) is 24.5. The van der Waals surface area contributed by atoms with Crippen LogP contribution >= 0.6 is 0 Å². The maximum Gasteiger partial charge on any atom is 0.407 e. The van der Waals surface area contributed by atoms with Crippen LogP contribution in [-0.2, 0) is 9.53 Å². The molecule has 0 aliphatic carbocycles. The zero-order valence-electron chi connectivity index (χ0n) is 11.6. The molecule has 0 aromatic carbocycles. The summed E-state index contributed by atoms with van der Waals surface area (Å²) in [5, 5.41) is 6.16. The Kier molecular flexibility index (Phi) is 4.91. The van der Waals surface area contributed by atoms with Crippen molar-refractivity contribution in [3.63, 3.8) is 0 Å². The van der Waals surface area contributed by atoms with Gasteiger partial charge in [-0.3, -0.25) is 9.69 Å².